The van der Waals surface area contributed by atoms with Gasteiger partial charge in [0.05, 0.1) is 12.6 Å². The van der Waals surface area contributed by atoms with Crippen LogP contribution in [0.1, 0.15) is 11.6 Å². The second-order valence-corrected chi connectivity index (χ2v) is 6.62. The van der Waals surface area contributed by atoms with E-state index in [0.717, 1.165) is 17.1 Å². The molecule has 2 aromatic carbocycles. The minimum absolute atomic E-state index is 0.00271. The number of fused-ring (bicyclic) bond motifs is 1. The second-order valence-electron chi connectivity index (χ2n) is 5.75. The minimum atomic E-state index is 0.00271. The lowest BCUT2D eigenvalue weighted by Gasteiger charge is -2.26. The Balaban J connectivity index is 1.87. The molecule has 5 heteroatoms. The quantitative estimate of drug-likeness (QED) is 0.641. The van der Waals surface area contributed by atoms with E-state index in [4.69, 9.17) is 23.2 Å². The minimum Gasteiger partial charge on any atom is -0.318 e. The summed E-state index contributed by atoms with van der Waals surface area (Å²) in [4.78, 5) is 14.4. The van der Waals surface area contributed by atoms with Crippen LogP contribution in [0.5, 0.6) is 0 Å². The van der Waals surface area contributed by atoms with Gasteiger partial charge in [-0.3, -0.25) is 9.36 Å². The fraction of sp³-hybridized carbons (Fsp3) is 0.105. The first-order valence-corrected chi connectivity index (χ1v) is 8.39. The van der Waals surface area contributed by atoms with Crippen LogP contribution in [0.4, 0.5) is 11.5 Å². The number of hydrogen-bond donors (Lipinski definition) is 0. The average Bonchev–Trinajstić information content (AvgIpc) is 2.97. The zero-order valence-corrected chi connectivity index (χ0v) is 14.2. The molecule has 2 heterocycles. The van der Waals surface area contributed by atoms with Crippen LogP contribution in [0.2, 0.25) is 10.0 Å². The van der Waals surface area contributed by atoms with Gasteiger partial charge >= 0.3 is 0 Å². The Bertz CT molecular complexity index is 933. The van der Waals surface area contributed by atoms with Crippen molar-refractivity contribution in [3.8, 4) is 0 Å². The highest BCUT2D eigenvalue weighted by atomic mass is 35.5. The Morgan fingerprint density at radius 3 is 2.12 bits per heavy atom. The van der Waals surface area contributed by atoms with Crippen LogP contribution < -0.4 is 10.5 Å². The van der Waals surface area contributed by atoms with Crippen LogP contribution in [0.15, 0.2) is 71.5 Å². The van der Waals surface area contributed by atoms with Crippen molar-refractivity contribution in [3.05, 3.63) is 92.7 Å². The smallest absolute Gasteiger partial charge is 0.252 e. The van der Waals surface area contributed by atoms with Crippen molar-refractivity contribution in [1.29, 1.82) is 0 Å². The van der Waals surface area contributed by atoms with E-state index in [0.29, 0.717) is 16.6 Å². The molecule has 0 aliphatic carbocycles. The van der Waals surface area contributed by atoms with Crippen LogP contribution in [-0.2, 0) is 6.54 Å². The van der Waals surface area contributed by atoms with E-state index in [1.807, 2.05) is 54.6 Å². The van der Waals surface area contributed by atoms with Gasteiger partial charge in [-0.2, -0.15) is 0 Å². The van der Waals surface area contributed by atoms with E-state index < -0.39 is 0 Å². The van der Waals surface area contributed by atoms with Gasteiger partial charge in [-0.15, -0.1) is 0 Å². The topological polar surface area (TPSA) is 25.2 Å². The first-order chi connectivity index (χ1) is 11.6. The van der Waals surface area contributed by atoms with E-state index in [1.165, 1.54) is 0 Å². The summed E-state index contributed by atoms with van der Waals surface area (Å²) in [6, 6.07) is 20.8. The summed E-state index contributed by atoms with van der Waals surface area (Å²) in [6.45, 7) is 0.596. The molecule has 1 atom stereocenters. The standard InChI is InChI=1S/C19H14Cl2N2O/c20-14-6-4-13(5-7-14)17-12-22-18(2-1-3-19(22)24)23(17)16-10-8-15(21)9-11-16/h1-11,17H,12H2. The maximum atomic E-state index is 12.3. The molecular weight excluding hydrogens is 343 g/mol. The number of rotatable bonds is 2. The normalized spacial score (nSPS) is 16.2. The molecule has 3 nitrogen and oxygen atoms in total. The highest BCUT2D eigenvalue weighted by Gasteiger charge is 2.32. The predicted octanol–water partition coefficient (Wildman–Crippen LogP) is 5.05. The molecule has 24 heavy (non-hydrogen) atoms. The van der Waals surface area contributed by atoms with Crippen LogP contribution in [0.3, 0.4) is 0 Å². The summed E-state index contributed by atoms with van der Waals surface area (Å²) in [7, 11) is 0. The van der Waals surface area contributed by atoms with E-state index in [1.54, 1.807) is 16.7 Å². The largest absolute Gasteiger partial charge is 0.318 e. The summed E-state index contributed by atoms with van der Waals surface area (Å²) < 4.78 is 1.80. The molecule has 0 N–H and O–H groups in total. The number of hydrogen-bond acceptors (Lipinski definition) is 2. The van der Waals surface area contributed by atoms with E-state index >= 15 is 0 Å². The number of aromatic nitrogens is 1. The van der Waals surface area contributed by atoms with Crippen LogP contribution in [0, 0.1) is 0 Å². The van der Waals surface area contributed by atoms with E-state index in [9.17, 15) is 4.79 Å². The summed E-state index contributed by atoms with van der Waals surface area (Å²) in [5, 5.41) is 1.39. The molecule has 3 aromatic rings. The molecule has 0 bridgehead atoms. The lowest BCUT2D eigenvalue weighted by molar-refractivity contribution is 0.639. The molecule has 120 valence electrons. The molecule has 0 amide bonds. The predicted molar refractivity (Wildman–Crippen MR) is 98.5 cm³/mol. The van der Waals surface area contributed by atoms with Gasteiger partial charge in [0, 0.05) is 21.8 Å². The maximum Gasteiger partial charge on any atom is 0.252 e. The van der Waals surface area contributed by atoms with Crippen molar-refractivity contribution in [2.24, 2.45) is 0 Å². The molecule has 1 unspecified atom stereocenters. The van der Waals surface area contributed by atoms with Gasteiger partial charge in [-0.25, -0.2) is 0 Å². The van der Waals surface area contributed by atoms with Crippen LogP contribution in [-0.4, -0.2) is 4.57 Å². The number of anilines is 2. The fourth-order valence-electron chi connectivity index (χ4n) is 3.17. The molecule has 0 radical (unpaired) electrons. The van der Waals surface area contributed by atoms with Crippen molar-refractivity contribution in [3.63, 3.8) is 0 Å². The molecular formula is C19H14Cl2N2O. The molecule has 0 fully saturated rings. The van der Waals surface area contributed by atoms with Crippen molar-refractivity contribution < 1.29 is 0 Å². The molecule has 1 aromatic heterocycles. The average molecular weight is 357 g/mol. The summed E-state index contributed by atoms with van der Waals surface area (Å²) >= 11 is 12.0. The zero-order chi connectivity index (χ0) is 16.7. The highest BCUT2D eigenvalue weighted by molar-refractivity contribution is 6.30. The third-order valence-corrected chi connectivity index (χ3v) is 4.80. The number of halogens is 2. The van der Waals surface area contributed by atoms with Crippen molar-refractivity contribution in [2.45, 2.75) is 12.6 Å². The molecule has 1 aliphatic heterocycles. The Morgan fingerprint density at radius 1 is 0.833 bits per heavy atom. The van der Waals surface area contributed by atoms with Crippen molar-refractivity contribution in [2.75, 3.05) is 4.90 Å². The van der Waals surface area contributed by atoms with Gasteiger partial charge in [0.15, 0.2) is 0 Å². The monoisotopic (exact) mass is 356 g/mol. The molecule has 0 saturated carbocycles. The zero-order valence-electron chi connectivity index (χ0n) is 12.7. The van der Waals surface area contributed by atoms with Gasteiger partial charge in [-0.1, -0.05) is 41.4 Å². The summed E-state index contributed by atoms with van der Waals surface area (Å²) in [5.41, 5.74) is 2.11. The van der Waals surface area contributed by atoms with Gasteiger partial charge < -0.3 is 4.90 Å². The first kappa shape index (κ1) is 15.3. The van der Waals surface area contributed by atoms with E-state index in [-0.39, 0.29) is 11.6 Å². The Kier molecular flexibility index (Phi) is 3.83. The lowest BCUT2D eigenvalue weighted by Crippen LogP contribution is -2.19. The number of pyridine rings is 1. The molecule has 0 saturated heterocycles. The molecule has 1 aliphatic rings. The van der Waals surface area contributed by atoms with E-state index in [2.05, 4.69) is 4.90 Å². The summed E-state index contributed by atoms with van der Waals surface area (Å²) in [6.07, 6.45) is 0. The van der Waals surface area contributed by atoms with Gasteiger partial charge in [0.2, 0.25) is 0 Å². The van der Waals surface area contributed by atoms with Gasteiger partial charge in [0.1, 0.15) is 5.82 Å². The van der Waals surface area contributed by atoms with Gasteiger partial charge in [0.25, 0.3) is 5.56 Å². The Morgan fingerprint density at radius 2 is 1.46 bits per heavy atom. The number of benzene rings is 2. The first-order valence-electron chi connectivity index (χ1n) is 7.63. The highest BCUT2D eigenvalue weighted by Crippen LogP contribution is 2.41. The Hall–Kier alpha value is -2.23. The number of nitrogens with zero attached hydrogens (tertiary/aromatic N) is 2. The van der Waals surface area contributed by atoms with Crippen LogP contribution in [0.25, 0.3) is 0 Å². The second kappa shape index (κ2) is 6.00. The van der Waals surface area contributed by atoms with Crippen molar-refractivity contribution >= 4 is 34.7 Å². The molecule has 4 rings (SSSR count). The lowest BCUT2D eigenvalue weighted by atomic mass is 10.1. The summed E-state index contributed by atoms with van der Waals surface area (Å²) in [5.74, 6) is 0.879. The maximum absolute atomic E-state index is 12.3. The SMILES string of the molecule is O=c1cccc2n1CC(c1ccc(Cl)cc1)N2c1ccc(Cl)cc1. The molecule has 0 spiro atoms. The van der Waals surface area contributed by atoms with Gasteiger partial charge in [-0.05, 0) is 48.0 Å². The third kappa shape index (κ3) is 2.60. The fourth-order valence-corrected chi connectivity index (χ4v) is 3.42. The Labute approximate surface area is 149 Å². The van der Waals surface area contributed by atoms with Crippen molar-refractivity contribution in [1.82, 2.24) is 4.57 Å². The van der Waals surface area contributed by atoms with Crippen LogP contribution >= 0.6 is 23.2 Å². The third-order valence-electron chi connectivity index (χ3n) is 4.30.